The fourth-order valence-corrected chi connectivity index (χ4v) is 3.86. The van der Waals surface area contributed by atoms with Gasteiger partial charge in [-0.1, -0.05) is 29.8 Å². The van der Waals surface area contributed by atoms with Crippen LogP contribution in [0.3, 0.4) is 0 Å². The van der Waals surface area contributed by atoms with E-state index < -0.39 is 0 Å². The third kappa shape index (κ3) is 2.91. The van der Waals surface area contributed by atoms with E-state index in [1.807, 2.05) is 18.2 Å². The van der Waals surface area contributed by atoms with Crippen molar-refractivity contribution in [3.63, 3.8) is 0 Å². The quantitative estimate of drug-likeness (QED) is 0.727. The molecule has 0 unspecified atom stereocenters. The Morgan fingerprint density at radius 1 is 1.20 bits per heavy atom. The molecule has 0 spiro atoms. The van der Waals surface area contributed by atoms with Gasteiger partial charge in [-0.05, 0) is 48.0 Å². The number of benzene rings is 2. The van der Waals surface area contributed by atoms with Crippen molar-refractivity contribution in [3.05, 3.63) is 58.1 Å². The summed E-state index contributed by atoms with van der Waals surface area (Å²) < 4.78 is 12.6. The first-order chi connectivity index (χ1) is 12.1. The number of fused-ring (bicyclic) bond motifs is 3. The molecule has 0 N–H and O–H groups in total. The number of hydrogen-bond acceptors (Lipinski definition) is 4. The van der Waals surface area contributed by atoms with Crippen molar-refractivity contribution in [1.29, 1.82) is 0 Å². The van der Waals surface area contributed by atoms with Crippen LogP contribution in [0.5, 0.6) is 11.5 Å². The minimum atomic E-state index is -0.0468. The molecule has 2 atom stereocenters. The highest BCUT2D eigenvalue weighted by atomic mass is 79.9. The molecule has 0 fully saturated rings. The Kier molecular flexibility index (Phi) is 4.20. The van der Waals surface area contributed by atoms with Gasteiger partial charge in [-0.25, -0.2) is 5.01 Å². The van der Waals surface area contributed by atoms with E-state index in [2.05, 4.69) is 59.1 Å². The lowest BCUT2D eigenvalue weighted by atomic mass is 9.95. The Labute approximate surface area is 156 Å². The zero-order chi connectivity index (χ0) is 17.6. The summed E-state index contributed by atoms with van der Waals surface area (Å²) >= 11 is 3.58. The number of hydrogen-bond donors (Lipinski definition) is 0. The zero-order valence-electron chi connectivity index (χ0n) is 14.6. The molecule has 2 aliphatic rings. The van der Waals surface area contributed by atoms with Crippen molar-refractivity contribution in [2.24, 2.45) is 11.0 Å². The predicted octanol–water partition coefficient (Wildman–Crippen LogP) is 4.98. The molecule has 0 amide bonds. The van der Waals surface area contributed by atoms with Gasteiger partial charge in [0.05, 0.1) is 18.9 Å². The van der Waals surface area contributed by atoms with Crippen LogP contribution in [-0.2, 0) is 0 Å². The molecular weight excluding hydrogens is 380 g/mol. The summed E-state index contributed by atoms with van der Waals surface area (Å²) in [6.07, 6.45) is 0.831. The van der Waals surface area contributed by atoms with Crippen molar-refractivity contribution in [2.75, 3.05) is 7.11 Å². The largest absolute Gasteiger partial charge is 0.497 e. The van der Waals surface area contributed by atoms with Crippen molar-refractivity contribution in [3.8, 4) is 11.5 Å². The van der Waals surface area contributed by atoms with E-state index in [-0.39, 0.29) is 12.3 Å². The van der Waals surface area contributed by atoms with Crippen LogP contribution in [0, 0.1) is 5.92 Å². The van der Waals surface area contributed by atoms with Crippen LogP contribution in [0.1, 0.15) is 37.4 Å². The molecular formula is C20H21BrN2O2. The number of rotatable bonds is 3. The highest BCUT2D eigenvalue weighted by molar-refractivity contribution is 9.10. The second-order valence-electron chi connectivity index (χ2n) is 6.81. The number of methoxy groups -OCH3 is 1. The molecule has 2 heterocycles. The van der Waals surface area contributed by atoms with Gasteiger partial charge in [-0.2, -0.15) is 5.10 Å². The summed E-state index contributed by atoms with van der Waals surface area (Å²) in [5.41, 5.74) is 3.42. The molecule has 2 aromatic carbocycles. The minimum Gasteiger partial charge on any atom is -0.497 e. The summed E-state index contributed by atoms with van der Waals surface area (Å²) in [6, 6.07) is 14.6. The second kappa shape index (κ2) is 6.37. The lowest BCUT2D eigenvalue weighted by Crippen LogP contribution is -2.43. The summed E-state index contributed by atoms with van der Waals surface area (Å²) in [6.45, 7) is 4.35. The highest BCUT2D eigenvalue weighted by Gasteiger charge is 2.41. The molecule has 0 bridgehead atoms. The summed E-state index contributed by atoms with van der Waals surface area (Å²) in [4.78, 5) is 0. The fraction of sp³-hybridized carbons (Fsp3) is 0.350. The lowest BCUT2D eigenvalue weighted by Gasteiger charge is -2.40. The van der Waals surface area contributed by atoms with Gasteiger partial charge in [0.2, 0.25) is 0 Å². The smallest absolute Gasteiger partial charge is 0.190 e. The van der Waals surface area contributed by atoms with Gasteiger partial charge in [0, 0.05) is 22.4 Å². The van der Waals surface area contributed by atoms with Crippen LogP contribution < -0.4 is 9.47 Å². The lowest BCUT2D eigenvalue weighted by molar-refractivity contribution is -0.0461. The Morgan fingerprint density at radius 2 is 1.96 bits per heavy atom. The van der Waals surface area contributed by atoms with Crippen LogP contribution >= 0.6 is 15.9 Å². The first kappa shape index (κ1) is 16.5. The van der Waals surface area contributed by atoms with E-state index in [1.54, 1.807) is 7.11 Å². The first-order valence-electron chi connectivity index (χ1n) is 8.53. The molecule has 2 aromatic rings. The molecule has 4 rings (SSSR count). The minimum absolute atomic E-state index is 0.0468. The van der Waals surface area contributed by atoms with E-state index in [0.29, 0.717) is 5.92 Å². The van der Waals surface area contributed by atoms with Crippen molar-refractivity contribution in [1.82, 2.24) is 5.01 Å². The third-order valence-electron chi connectivity index (χ3n) is 4.78. The van der Waals surface area contributed by atoms with Crippen LogP contribution in [0.2, 0.25) is 0 Å². The molecule has 4 nitrogen and oxygen atoms in total. The summed E-state index contributed by atoms with van der Waals surface area (Å²) in [5.74, 6) is 2.17. The molecule has 0 aliphatic carbocycles. The molecule has 0 saturated heterocycles. The van der Waals surface area contributed by atoms with Crippen LogP contribution in [0.15, 0.2) is 52.0 Å². The zero-order valence-corrected chi connectivity index (χ0v) is 16.2. The predicted molar refractivity (Wildman–Crippen MR) is 102 cm³/mol. The number of ether oxygens (including phenoxy) is 2. The van der Waals surface area contributed by atoms with E-state index in [4.69, 9.17) is 14.6 Å². The van der Waals surface area contributed by atoms with Gasteiger partial charge in [0.25, 0.3) is 0 Å². The number of nitrogens with zero attached hydrogens (tertiary/aromatic N) is 2. The van der Waals surface area contributed by atoms with E-state index in [0.717, 1.165) is 33.7 Å². The fourth-order valence-electron chi connectivity index (χ4n) is 3.48. The Bertz CT molecular complexity index is 817. The van der Waals surface area contributed by atoms with Crippen molar-refractivity contribution in [2.45, 2.75) is 32.5 Å². The standard InChI is InChI=1S/C20H21BrN2O2/c1-12(2)20-23-18(16-10-14(21)6-9-19(16)25-20)11-17(22-23)13-4-7-15(24-3)8-5-13/h4-10,12,18,20H,11H2,1-3H3/t18-,20-/m1/s1. The third-order valence-corrected chi connectivity index (χ3v) is 5.27. The Morgan fingerprint density at radius 3 is 2.64 bits per heavy atom. The van der Waals surface area contributed by atoms with Gasteiger partial charge in [-0.15, -0.1) is 0 Å². The summed E-state index contributed by atoms with van der Waals surface area (Å²) in [7, 11) is 1.68. The molecule has 130 valence electrons. The van der Waals surface area contributed by atoms with Crippen LogP contribution in [0.25, 0.3) is 0 Å². The average Bonchev–Trinajstić information content (AvgIpc) is 3.06. The second-order valence-corrected chi connectivity index (χ2v) is 7.73. The Balaban J connectivity index is 1.72. The maximum atomic E-state index is 6.26. The summed E-state index contributed by atoms with van der Waals surface area (Å²) in [5, 5.41) is 7.07. The van der Waals surface area contributed by atoms with E-state index in [9.17, 15) is 0 Å². The maximum absolute atomic E-state index is 6.26. The first-order valence-corrected chi connectivity index (χ1v) is 9.32. The SMILES string of the molecule is COc1ccc(C2=NN3[C@H](C2)c2cc(Br)ccc2O[C@@H]3C(C)C)cc1. The number of halogens is 1. The normalized spacial score (nSPS) is 21.5. The molecule has 25 heavy (non-hydrogen) atoms. The van der Waals surface area contributed by atoms with Crippen LogP contribution in [0.4, 0.5) is 0 Å². The molecule has 0 aromatic heterocycles. The maximum Gasteiger partial charge on any atom is 0.190 e. The van der Waals surface area contributed by atoms with Crippen LogP contribution in [-0.4, -0.2) is 24.1 Å². The van der Waals surface area contributed by atoms with Gasteiger partial charge in [0.15, 0.2) is 6.23 Å². The molecule has 0 saturated carbocycles. The molecule has 2 aliphatic heterocycles. The molecule has 5 heteroatoms. The van der Waals surface area contributed by atoms with Crippen molar-refractivity contribution >= 4 is 21.6 Å². The Hall–Kier alpha value is -2.01. The average molecular weight is 401 g/mol. The topological polar surface area (TPSA) is 34.1 Å². The van der Waals surface area contributed by atoms with Crippen molar-refractivity contribution < 1.29 is 9.47 Å². The van der Waals surface area contributed by atoms with Gasteiger partial charge in [0.1, 0.15) is 11.5 Å². The van der Waals surface area contributed by atoms with Gasteiger partial charge >= 0.3 is 0 Å². The van der Waals surface area contributed by atoms with Gasteiger partial charge in [-0.3, -0.25) is 0 Å². The monoisotopic (exact) mass is 400 g/mol. The van der Waals surface area contributed by atoms with E-state index >= 15 is 0 Å². The van der Waals surface area contributed by atoms with E-state index in [1.165, 1.54) is 5.56 Å². The highest BCUT2D eigenvalue weighted by Crippen LogP contribution is 2.45. The number of hydrazone groups is 1. The van der Waals surface area contributed by atoms with Gasteiger partial charge < -0.3 is 9.47 Å². The molecule has 0 radical (unpaired) electrons.